The quantitative estimate of drug-likeness (QED) is 0.534. The van der Waals surface area contributed by atoms with Gasteiger partial charge in [-0.3, -0.25) is 0 Å². The highest BCUT2D eigenvalue weighted by Gasteiger charge is 2.30. The first-order chi connectivity index (χ1) is 8.68. The van der Waals surface area contributed by atoms with Crippen molar-refractivity contribution in [2.75, 3.05) is 0 Å². The fourth-order valence-corrected chi connectivity index (χ4v) is 4.41. The third kappa shape index (κ3) is 4.28. The Morgan fingerprint density at radius 2 is 1.33 bits per heavy atom. The fraction of sp³-hybridized carbons (Fsp3) is 1.00. The van der Waals surface area contributed by atoms with Gasteiger partial charge in [0.2, 0.25) is 0 Å². The summed E-state index contributed by atoms with van der Waals surface area (Å²) in [6.07, 6.45) is 19.6. The summed E-state index contributed by atoms with van der Waals surface area (Å²) < 4.78 is 0. The van der Waals surface area contributed by atoms with Crippen LogP contribution in [-0.2, 0) is 0 Å². The SMILES string of the molecule is CC(C)(CCCC1CCCCC1)C1CCCCC1. The zero-order chi connectivity index (χ0) is 12.8. The van der Waals surface area contributed by atoms with E-state index in [9.17, 15) is 0 Å². The van der Waals surface area contributed by atoms with Gasteiger partial charge in [0.15, 0.2) is 0 Å². The summed E-state index contributed by atoms with van der Waals surface area (Å²) in [6, 6.07) is 0. The Bertz CT molecular complexity index is 216. The first kappa shape index (κ1) is 14.4. The van der Waals surface area contributed by atoms with Gasteiger partial charge in [0.25, 0.3) is 0 Å². The lowest BCUT2D eigenvalue weighted by atomic mass is 9.68. The van der Waals surface area contributed by atoms with E-state index in [0.717, 1.165) is 11.8 Å². The van der Waals surface area contributed by atoms with Crippen LogP contribution in [0, 0.1) is 17.3 Å². The van der Waals surface area contributed by atoms with E-state index in [1.165, 1.54) is 83.5 Å². The molecule has 0 unspecified atom stereocenters. The summed E-state index contributed by atoms with van der Waals surface area (Å²) in [4.78, 5) is 0. The molecule has 18 heavy (non-hydrogen) atoms. The molecule has 0 nitrogen and oxygen atoms in total. The molecule has 0 aliphatic heterocycles. The van der Waals surface area contributed by atoms with Gasteiger partial charge in [-0.25, -0.2) is 0 Å². The minimum atomic E-state index is 0.620. The van der Waals surface area contributed by atoms with E-state index < -0.39 is 0 Å². The molecular weight excluding hydrogens is 216 g/mol. The fourth-order valence-electron chi connectivity index (χ4n) is 4.41. The molecule has 2 saturated carbocycles. The molecular formula is C18H34. The highest BCUT2D eigenvalue weighted by Crippen LogP contribution is 2.42. The minimum Gasteiger partial charge on any atom is -0.0596 e. The predicted molar refractivity (Wildman–Crippen MR) is 80.8 cm³/mol. The second kappa shape index (κ2) is 6.96. The first-order valence-corrected chi connectivity index (χ1v) is 8.68. The molecule has 0 heteroatoms. The molecule has 2 aliphatic carbocycles. The van der Waals surface area contributed by atoms with E-state index in [0.29, 0.717) is 5.41 Å². The summed E-state index contributed by atoms with van der Waals surface area (Å²) in [7, 11) is 0. The van der Waals surface area contributed by atoms with Crippen molar-refractivity contribution in [2.24, 2.45) is 17.3 Å². The van der Waals surface area contributed by atoms with E-state index in [-0.39, 0.29) is 0 Å². The molecule has 2 fully saturated rings. The van der Waals surface area contributed by atoms with Crippen LogP contribution in [0.15, 0.2) is 0 Å². The van der Waals surface area contributed by atoms with Crippen molar-refractivity contribution in [2.45, 2.75) is 97.3 Å². The zero-order valence-corrected chi connectivity index (χ0v) is 12.8. The molecule has 0 atom stereocenters. The van der Waals surface area contributed by atoms with Gasteiger partial charge >= 0.3 is 0 Å². The monoisotopic (exact) mass is 250 g/mol. The molecule has 106 valence electrons. The van der Waals surface area contributed by atoms with E-state index in [1.807, 2.05) is 0 Å². The topological polar surface area (TPSA) is 0 Å². The largest absolute Gasteiger partial charge is 0.0596 e. The molecule has 2 aliphatic rings. The Morgan fingerprint density at radius 1 is 0.778 bits per heavy atom. The van der Waals surface area contributed by atoms with Crippen molar-refractivity contribution >= 4 is 0 Å². The van der Waals surface area contributed by atoms with Crippen molar-refractivity contribution in [1.82, 2.24) is 0 Å². The molecule has 0 aromatic rings. The van der Waals surface area contributed by atoms with Crippen LogP contribution < -0.4 is 0 Å². The second-order valence-electron chi connectivity index (χ2n) is 7.72. The molecule has 0 heterocycles. The Morgan fingerprint density at radius 3 is 1.94 bits per heavy atom. The predicted octanol–water partition coefficient (Wildman–Crippen LogP) is 6.34. The molecule has 0 amide bonds. The third-order valence-electron chi connectivity index (χ3n) is 5.87. The van der Waals surface area contributed by atoms with Gasteiger partial charge in [0.05, 0.1) is 0 Å². The molecule has 0 radical (unpaired) electrons. The molecule has 2 rings (SSSR count). The van der Waals surface area contributed by atoms with Gasteiger partial charge in [0, 0.05) is 0 Å². The molecule has 0 aromatic heterocycles. The van der Waals surface area contributed by atoms with E-state index >= 15 is 0 Å². The number of hydrogen-bond acceptors (Lipinski definition) is 0. The molecule has 0 N–H and O–H groups in total. The first-order valence-electron chi connectivity index (χ1n) is 8.68. The Balaban J connectivity index is 1.67. The van der Waals surface area contributed by atoms with Crippen molar-refractivity contribution in [3.63, 3.8) is 0 Å². The Hall–Kier alpha value is 0. The Kier molecular flexibility index (Phi) is 5.57. The summed E-state index contributed by atoms with van der Waals surface area (Å²) in [5.41, 5.74) is 0.620. The van der Waals surface area contributed by atoms with Crippen LogP contribution >= 0.6 is 0 Å². The van der Waals surface area contributed by atoms with Crippen LogP contribution in [0.25, 0.3) is 0 Å². The minimum absolute atomic E-state index is 0.620. The molecule has 0 bridgehead atoms. The van der Waals surface area contributed by atoms with Crippen molar-refractivity contribution in [3.05, 3.63) is 0 Å². The average molecular weight is 250 g/mol. The standard InChI is InChI=1S/C18H34/c1-18(2,17-13-7-4-8-14-17)15-9-12-16-10-5-3-6-11-16/h16-17H,3-15H2,1-2H3. The van der Waals surface area contributed by atoms with Gasteiger partial charge in [-0.2, -0.15) is 0 Å². The maximum absolute atomic E-state index is 2.55. The summed E-state index contributed by atoms with van der Waals surface area (Å²) >= 11 is 0. The summed E-state index contributed by atoms with van der Waals surface area (Å²) in [5.74, 6) is 2.11. The normalized spacial score (nSPS) is 24.3. The van der Waals surface area contributed by atoms with Crippen LogP contribution in [0.1, 0.15) is 97.3 Å². The van der Waals surface area contributed by atoms with E-state index in [4.69, 9.17) is 0 Å². The van der Waals surface area contributed by atoms with Crippen LogP contribution in [0.3, 0.4) is 0 Å². The lowest BCUT2D eigenvalue weighted by Crippen LogP contribution is -2.26. The molecule has 0 aromatic carbocycles. The van der Waals surface area contributed by atoms with Gasteiger partial charge < -0.3 is 0 Å². The van der Waals surface area contributed by atoms with E-state index in [1.54, 1.807) is 0 Å². The van der Waals surface area contributed by atoms with Crippen molar-refractivity contribution < 1.29 is 0 Å². The van der Waals surface area contributed by atoms with Crippen molar-refractivity contribution in [3.8, 4) is 0 Å². The maximum Gasteiger partial charge on any atom is -0.0326 e. The van der Waals surface area contributed by atoms with Gasteiger partial charge in [-0.05, 0) is 36.5 Å². The van der Waals surface area contributed by atoms with Crippen LogP contribution in [0.4, 0.5) is 0 Å². The maximum atomic E-state index is 2.55. The van der Waals surface area contributed by atoms with Gasteiger partial charge in [-0.1, -0.05) is 78.1 Å². The van der Waals surface area contributed by atoms with Crippen LogP contribution in [-0.4, -0.2) is 0 Å². The summed E-state index contributed by atoms with van der Waals surface area (Å²) in [6.45, 7) is 5.09. The number of hydrogen-bond donors (Lipinski definition) is 0. The highest BCUT2D eigenvalue weighted by molar-refractivity contribution is 4.81. The average Bonchev–Trinajstić information content (AvgIpc) is 2.41. The lowest BCUT2D eigenvalue weighted by molar-refractivity contribution is 0.138. The highest BCUT2D eigenvalue weighted by atomic mass is 14.4. The lowest BCUT2D eigenvalue weighted by Gasteiger charge is -2.37. The second-order valence-corrected chi connectivity index (χ2v) is 7.72. The molecule has 0 saturated heterocycles. The van der Waals surface area contributed by atoms with E-state index in [2.05, 4.69) is 13.8 Å². The van der Waals surface area contributed by atoms with Gasteiger partial charge in [0.1, 0.15) is 0 Å². The number of rotatable bonds is 5. The summed E-state index contributed by atoms with van der Waals surface area (Å²) in [5, 5.41) is 0. The third-order valence-corrected chi connectivity index (χ3v) is 5.87. The zero-order valence-electron chi connectivity index (χ0n) is 12.8. The smallest absolute Gasteiger partial charge is 0.0326 e. The Labute approximate surface area is 115 Å². The van der Waals surface area contributed by atoms with Gasteiger partial charge in [-0.15, -0.1) is 0 Å². The van der Waals surface area contributed by atoms with Crippen LogP contribution in [0.5, 0.6) is 0 Å². The van der Waals surface area contributed by atoms with Crippen molar-refractivity contribution in [1.29, 1.82) is 0 Å². The van der Waals surface area contributed by atoms with Crippen LogP contribution in [0.2, 0.25) is 0 Å². The molecule has 0 spiro atoms.